The van der Waals surface area contributed by atoms with Crippen LogP contribution < -0.4 is 11.5 Å². The van der Waals surface area contributed by atoms with E-state index in [1.165, 1.54) is 11.1 Å². The van der Waals surface area contributed by atoms with E-state index in [0.29, 0.717) is 12.1 Å². The summed E-state index contributed by atoms with van der Waals surface area (Å²) in [5, 5.41) is 0. The van der Waals surface area contributed by atoms with Crippen molar-refractivity contribution in [2.75, 3.05) is 19.6 Å². The fraction of sp³-hybridized carbons (Fsp3) is 0.400. The van der Waals surface area contributed by atoms with Gasteiger partial charge in [0.05, 0.1) is 13.1 Å². The Morgan fingerprint density at radius 2 is 2.10 bits per heavy atom. The van der Waals surface area contributed by atoms with E-state index < -0.39 is 5.91 Å². The van der Waals surface area contributed by atoms with Gasteiger partial charge in [-0.15, -0.1) is 0 Å². The Labute approximate surface area is 124 Å². The molecule has 1 aromatic heterocycles. The number of rotatable bonds is 5. The Bertz CT molecular complexity index is 555. The van der Waals surface area contributed by atoms with Gasteiger partial charge in [-0.25, -0.2) is 4.98 Å². The fourth-order valence-electron chi connectivity index (χ4n) is 1.76. The van der Waals surface area contributed by atoms with Gasteiger partial charge in [0.25, 0.3) is 5.91 Å². The minimum atomic E-state index is -0.547. The Morgan fingerprint density at radius 1 is 1.38 bits per heavy atom. The second-order valence-corrected chi connectivity index (χ2v) is 4.98. The van der Waals surface area contributed by atoms with Crippen molar-refractivity contribution in [3.63, 3.8) is 0 Å². The first-order chi connectivity index (χ1) is 9.93. The molecule has 0 atom stereocenters. The van der Waals surface area contributed by atoms with E-state index in [4.69, 9.17) is 11.5 Å². The van der Waals surface area contributed by atoms with Crippen LogP contribution in [-0.2, 0) is 4.79 Å². The van der Waals surface area contributed by atoms with Gasteiger partial charge in [-0.05, 0) is 18.1 Å². The largest absolute Gasteiger partial charge is 0.368 e. The lowest BCUT2D eigenvalue weighted by Gasteiger charge is -2.22. The topological polar surface area (TPSA) is 102 Å². The molecule has 2 amide bonds. The van der Waals surface area contributed by atoms with E-state index in [-0.39, 0.29) is 30.6 Å². The van der Waals surface area contributed by atoms with Crippen molar-refractivity contribution in [2.24, 2.45) is 17.4 Å². The molecular weight excluding hydrogens is 268 g/mol. The highest BCUT2D eigenvalue weighted by molar-refractivity contribution is 5.94. The summed E-state index contributed by atoms with van der Waals surface area (Å²) in [4.78, 5) is 28.9. The van der Waals surface area contributed by atoms with Crippen molar-refractivity contribution in [3.05, 3.63) is 29.6 Å². The summed E-state index contributed by atoms with van der Waals surface area (Å²) < 4.78 is 0. The van der Waals surface area contributed by atoms with Crippen molar-refractivity contribution >= 4 is 11.8 Å². The van der Waals surface area contributed by atoms with Gasteiger partial charge >= 0.3 is 0 Å². The number of hydrogen-bond donors (Lipinski definition) is 2. The van der Waals surface area contributed by atoms with Gasteiger partial charge in [0, 0.05) is 18.3 Å². The second kappa shape index (κ2) is 8.02. The van der Waals surface area contributed by atoms with Crippen LogP contribution in [0, 0.1) is 17.8 Å². The summed E-state index contributed by atoms with van der Waals surface area (Å²) in [6, 6.07) is 3.28. The van der Waals surface area contributed by atoms with E-state index in [1.54, 1.807) is 12.1 Å². The van der Waals surface area contributed by atoms with E-state index in [9.17, 15) is 9.59 Å². The van der Waals surface area contributed by atoms with Crippen LogP contribution in [0.4, 0.5) is 0 Å². The minimum Gasteiger partial charge on any atom is -0.368 e. The number of primary amides is 1. The standard InChI is InChI=1S/C15H20N4O2/c1-11(2)9-19(10-14(17)20)15(21)13-6-5-12(8-18-13)4-3-7-16/h5-6,8,11H,7,9-10,16H2,1-2H3,(H2,17,20). The Hall–Kier alpha value is -2.39. The molecule has 0 aliphatic rings. The van der Waals surface area contributed by atoms with Crippen molar-refractivity contribution in [3.8, 4) is 11.8 Å². The summed E-state index contributed by atoms with van der Waals surface area (Å²) in [7, 11) is 0. The number of aromatic nitrogens is 1. The summed E-state index contributed by atoms with van der Waals surface area (Å²) in [5.41, 5.74) is 11.4. The van der Waals surface area contributed by atoms with E-state index in [2.05, 4.69) is 16.8 Å². The third kappa shape index (κ3) is 5.63. The maximum Gasteiger partial charge on any atom is 0.272 e. The molecule has 0 aliphatic heterocycles. The first kappa shape index (κ1) is 16.7. The fourth-order valence-corrected chi connectivity index (χ4v) is 1.76. The Morgan fingerprint density at radius 3 is 2.57 bits per heavy atom. The highest BCUT2D eigenvalue weighted by Gasteiger charge is 2.19. The van der Waals surface area contributed by atoms with Crippen LogP contribution in [0.2, 0.25) is 0 Å². The first-order valence-corrected chi connectivity index (χ1v) is 6.66. The predicted molar refractivity (Wildman–Crippen MR) is 80.1 cm³/mol. The molecule has 112 valence electrons. The first-order valence-electron chi connectivity index (χ1n) is 6.66. The van der Waals surface area contributed by atoms with Crippen LogP contribution in [0.1, 0.15) is 29.9 Å². The number of nitrogens with two attached hydrogens (primary N) is 2. The van der Waals surface area contributed by atoms with Gasteiger partial charge in [-0.1, -0.05) is 25.7 Å². The maximum atomic E-state index is 12.3. The maximum absolute atomic E-state index is 12.3. The highest BCUT2D eigenvalue weighted by Crippen LogP contribution is 2.06. The van der Waals surface area contributed by atoms with Crippen molar-refractivity contribution in [2.45, 2.75) is 13.8 Å². The molecule has 0 bridgehead atoms. The summed E-state index contributed by atoms with van der Waals surface area (Å²) >= 11 is 0. The lowest BCUT2D eigenvalue weighted by Crippen LogP contribution is -2.40. The molecule has 0 fully saturated rings. The molecule has 0 unspecified atom stereocenters. The van der Waals surface area contributed by atoms with E-state index in [0.717, 1.165) is 0 Å². The van der Waals surface area contributed by atoms with Gasteiger partial charge in [0.2, 0.25) is 5.91 Å². The minimum absolute atomic E-state index is 0.118. The Kier molecular flexibility index (Phi) is 6.37. The normalized spacial score (nSPS) is 9.90. The third-order valence-corrected chi connectivity index (χ3v) is 2.54. The molecule has 6 heteroatoms. The van der Waals surface area contributed by atoms with Gasteiger partial charge in [0.15, 0.2) is 0 Å². The molecule has 0 radical (unpaired) electrons. The average Bonchev–Trinajstić information content (AvgIpc) is 2.43. The van der Waals surface area contributed by atoms with Crippen LogP contribution in [0.5, 0.6) is 0 Å². The number of carbonyl (C=O) groups is 2. The van der Waals surface area contributed by atoms with E-state index in [1.807, 2.05) is 13.8 Å². The number of pyridine rings is 1. The zero-order valence-electron chi connectivity index (χ0n) is 12.3. The third-order valence-electron chi connectivity index (χ3n) is 2.54. The molecule has 1 heterocycles. The number of hydrogen-bond acceptors (Lipinski definition) is 4. The van der Waals surface area contributed by atoms with Crippen molar-refractivity contribution < 1.29 is 9.59 Å². The highest BCUT2D eigenvalue weighted by atomic mass is 16.2. The van der Waals surface area contributed by atoms with Crippen LogP contribution in [0.25, 0.3) is 0 Å². The monoisotopic (exact) mass is 288 g/mol. The van der Waals surface area contributed by atoms with Crippen LogP contribution in [0.15, 0.2) is 18.3 Å². The van der Waals surface area contributed by atoms with Crippen LogP contribution in [-0.4, -0.2) is 41.3 Å². The van der Waals surface area contributed by atoms with Crippen LogP contribution >= 0.6 is 0 Å². The van der Waals surface area contributed by atoms with Crippen molar-refractivity contribution in [1.29, 1.82) is 0 Å². The predicted octanol–water partition coefficient (Wildman–Crippen LogP) is -0.0247. The van der Waals surface area contributed by atoms with Crippen LogP contribution in [0.3, 0.4) is 0 Å². The quantitative estimate of drug-likeness (QED) is 0.743. The number of carbonyl (C=O) groups excluding carboxylic acids is 2. The lowest BCUT2D eigenvalue weighted by atomic mass is 10.2. The molecule has 0 aromatic carbocycles. The molecule has 1 rings (SSSR count). The zero-order chi connectivity index (χ0) is 15.8. The molecule has 0 saturated heterocycles. The van der Waals surface area contributed by atoms with Gasteiger partial charge in [-0.2, -0.15) is 0 Å². The number of nitrogens with zero attached hydrogens (tertiary/aromatic N) is 2. The average molecular weight is 288 g/mol. The SMILES string of the molecule is CC(C)CN(CC(N)=O)C(=O)c1ccc(C#CCN)cn1. The summed E-state index contributed by atoms with van der Waals surface area (Å²) in [5.74, 6) is 4.90. The van der Waals surface area contributed by atoms with E-state index >= 15 is 0 Å². The molecule has 0 aliphatic carbocycles. The summed E-state index contributed by atoms with van der Waals surface area (Å²) in [6.07, 6.45) is 1.51. The molecular formula is C15H20N4O2. The molecule has 6 nitrogen and oxygen atoms in total. The smallest absolute Gasteiger partial charge is 0.272 e. The zero-order valence-corrected chi connectivity index (χ0v) is 12.3. The molecule has 21 heavy (non-hydrogen) atoms. The molecule has 1 aromatic rings. The second-order valence-electron chi connectivity index (χ2n) is 4.98. The Balaban J connectivity index is 2.89. The van der Waals surface area contributed by atoms with Gasteiger partial charge < -0.3 is 16.4 Å². The molecule has 0 saturated carbocycles. The van der Waals surface area contributed by atoms with Gasteiger partial charge in [-0.3, -0.25) is 9.59 Å². The lowest BCUT2D eigenvalue weighted by molar-refractivity contribution is -0.118. The van der Waals surface area contributed by atoms with Gasteiger partial charge in [0.1, 0.15) is 5.69 Å². The molecule has 4 N–H and O–H groups in total. The van der Waals surface area contributed by atoms with Crippen molar-refractivity contribution in [1.82, 2.24) is 9.88 Å². The number of amides is 2. The molecule has 0 spiro atoms. The summed E-state index contributed by atoms with van der Waals surface area (Å²) in [6.45, 7) is 4.51.